The number of allylic oxidation sites excluding steroid dienone is 1. The van der Waals surface area contributed by atoms with Gasteiger partial charge < -0.3 is 14.8 Å². The molecule has 0 aliphatic heterocycles. The van der Waals surface area contributed by atoms with Crippen LogP contribution in [-0.4, -0.2) is 37.7 Å². The summed E-state index contributed by atoms with van der Waals surface area (Å²) in [4.78, 5) is 38.7. The van der Waals surface area contributed by atoms with Gasteiger partial charge >= 0.3 is 0 Å². The minimum atomic E-state index is -0.824. The monoisotopic (exact) mass is 613 g/mol. The number of methoxy groups -OCH3 is 1. The van der Waals surface area contributed by atoms with Gasteiger partial charge in [-0.3, -0.25) is 19.6 Å². The van der Waals surface area contributed by atoms with Gasteiger partial charge in [-0.25, -0.2) is 19.3 Å². The minimum Gasteiger partial charge on any atom is -0.497 e. The zero-order valence-corrected chi connectivity index (χ0v) is 24.1. The molecule has 0 bridgehead atoms. The smallest absolute Gasteiger partial charge is 0.282 e. The molecule has 1 amide bonds. The molecule has 5 rings (SSSR count). The number of aromatic nitrogens is 5. The Hall–Kier alpha value is -5.62. The van der Waals surface area contributed by atoms with Crippen molar-refractivity contribution in [2.45, 2.75) is 13.1 Å². The molecule has 3 aromatic heterocycles. The number of amides is 1. The van der Waals surface area contributed by atoms with Crippen LogP contribution in [0.25, 0.3) is 11.1 Å². The molecule has 222 valence electrons. The number of carbonyl (C=O) groups excluding carboxylic acids is 1. The Labute approximate surface area is 256 Å². The molecule has 0 saturated carbocycles. The highest BCUT2D eigenvalue weighted by Gasteiger charge is 2.19. The van der Waals surface area contributed by atoms with Gasteiger partial charge in [-0.2, -0.15) is 5.10 Å². The molecule has 2 aromatic carbocycles. The molecule has 11 nitrogen and oxygen atoms in total. The number of nitrogens with zero attached hydrogens (tertiary/aromatic N) is 5. The largest absolute Gasteiger partial charge is 0.497 e. The molecular formula is C31H25ClFN7O4. The van der Waals surface area contributed by atoms with Crippen LogP contribution in [0.3, 0.4) is 0 Å². The highest BCUT2D eigenvalue weighted by Crippen LogP contribution is 2.33. The van der Waals surface area contributed by atoms with Crippen LogP contribution in [0.5, 0.6) is 17.2 Å². The van der Waals surface area contributed by atoms with Crippen LogP contribution < -0.4 is 25.5 Å². The van der Waals surface area contributed by atoms with Crippen LogP contribution in [0.2, 0.25) is 5.02 Å². The van der Waals surface area contributed by atoms with E-state index in [0.29, 0.717) is 23.7 Å². The topological polar surface area (TPSA) is 133 Å². The van der Waals surface area contributed by atoms with Crippen LogP contribution in [0.1, 0.15) is 16.1 Å². The summed E-state index contributed by atoms with van der Waals surface area (Å²) in [5, 5.41) is 10.0. The van der Waals surface area contributed by atoms with E-state index in [-0.39, 0.29) is 28.8 Å². The van der Waals surface area contributed by atoms with Crippen LogP contribution in [0, 0.1) is 5.82 Å². The fraction of sp³-hybridized carbons (Fsp3) is 0.0968. The number of anilines is 2. The van der Waals surface area contributed by atoms with Crippen molar-refractivity contribution < 1.29 is 18.7 Å². The Morgan fingerprint density at radius 1 is 1.05 bits per heavy atom. The van der Waals surface area contributed by atoms with Crippen LogP contribution in [-0.2, 0) is 13.1 Å². The zero-order valence-electron chi connectivity index (χ0n) is 23.3. The summed E-state index contributed by atoms with van der Waals surface area (Å²) in [7, 11) is 1.61. The number of hydrogen-bond donors (Lipinski definition) is 2. The van der Waals surface area contributed by atoms with Gasteiger partial charge in [0, 0.05) is 30.6 Å². The third kappa shape index (κ3) is 7.05. The summed E-state index contributed by atoms with van der Waals surface area (Å²) in [6, 6.07) is 14.5. The molecule has 0 aliphatic carbocycles. The number of nitrogens with one attached hydrogen (secondary N) is 2. The second-order valence-electron chi connectivity index (χ2n) is 9.21. The van der Waals surface area contributed by atoms with E-state index in [2.05, 4.69) is 37.3 Å². The molecule has 3 heterocycles. The molecule has 13 heteroatoms. The third-order valence-corrected chi connectivity index (χ3v) is 6.57. The SMILES string of the molecule is C=CCn1cc(-c2ccc(F)cc2)c(=O)c(C(=O)Nc2ncc(Oc3ccnc(NCc4ccc(OC)cc4)c3Cl)cn2)n1. The summed E-state index contributed by atoms with van der Waals surface area (Å²) in [6.07, 6.45) is 7.24. The van der Waals surface area contributed by atoms with Crippen molar-refractivity contribution in [1.29, 1.82) is 0 Å². The Morgan fingerprint density at radius 2 is 1.77 bits per heavy atom. The molecule has 0 fully saturated rings. The van der Waals surface area contributed by atoms with E-state index in [4.69, 9.17) is 21.1 Å². The van der Waals surface area contributed by atoms with Crippen molar-refractivity contribution in [3.63, 3.8) is 0 Å². The standard InChI is InChI=1S/C31H25ClFN7O4/c1-3-14-40-18-24(20-6-8-21(33)9-7-20)28(41)27(39-40)30(42)38-31-36-16-23(17-37-31)44-25-12-13-34-29(26(25)32)35-15-19-4-10-22(43-2)11-5-19/h3-13,16-18H,1,14-15H2,2H3,(H,34,35)(H,36,37,38,42). The molecule has 2 N–H and O–H groups in total. The van der Waals surface area contributed by atoms with E-state index in [9.17, 15) is 14.0 Å². The van der Waals surface area contributed by atoms with Gasteiger partial charge in [0.05, 0.1) is 26.0 Å². The second kappa shape index (κ2) is 13.6. The highest BCUT2D eigenvalue weighted by molar-refractivity contribution is 6.34. The Balaban J connectivity index is 1.28. The highest BCUT2D eigenvalue weighted by atomic mass is 35.5. The lowest BCUT2D eigenvalue weighted by Crippen LogP contribution is -2.28. The van der Waals surface area contributed by atoms with E-state index in [1.165, 1.54) is 47.5 Å². The average Bonchev–Trinajstić information content (AvgIpc) is 3.04. The van der Waals surface area contributed by atoms with E-state index >= 15 is 0 Å². The number of carbonyl (C=O) groups is 1. The van der Waals surface area contributed by atoms with Crippen molar-refractivity contribution in [2.75, 3.05) is 17.7 Å². The lowest BCUT2D eigenvalue weighted by Gasteiger charge is -2.12. The fourth-order valence-corrected chi connectivity index (χ4v) is 4.24. The summed E-state index contributed by atoms with van der Waals surface area (Å²) < 4.78 is 25.8. The van der Waals surface area contributed by atoms with E-state index in [0.717, 1.165) is 11.3 Å². The molecule has 0 atom stereocenters. The maximum Gasteiger partial charge on any atom is 0.282 e. The van der Waals surface area contributed by atoms with Crippen LogP contribution in [0.4, 0.5) is 16.2 Å². The first-order chi connectivity index (χ1) is 21.3. The zero-order chi connectivity index (χ0) is 31.1. The number of pyridine rings is 1. The number of ether oxygens (including phenoxy) is 2. The van der Waals surface area contributed by atoms with Crippen LogP contribution >= 0.6 is 11.6 Å². The first-order valence-corrected chi connectivity index (χ1v) is 13.5. The van der Waals surface area contributed by atoms with E-state index in [1.54, 1.807) is 25.4 Å². The van der Waals surface area contributed by atoms with Gasteiger partial charge in [0.25, 0.3) is 5.91 Å². The molecule has 0 radical (unpaired) electrons. The van der Waals surface area contributed by atoms with Crippen molar-refractivity contribution in [1.82, 2.24) is 24.7 Å². The summed E-state index contributed by atoms with van der Waals surface area (Å²) in [5.41, 5.74) is 0.563. The lowest BCUT2D eigenvalue weighted by molar-refractivity contribution is 0.101. The molecule has 0 aliphatic rings. The van der Waals surface area contributed by atoms with E-state index in [1.807, 2.05) is 24.3 Å². The predicted octanol–water partition coefficient (Wildman–Crippen LogP) is 5.74. The van der Waals surface area contributed by atoms with Crippen molar-refractivity contribution >= 4 is 29.3 Å². The van der Waals surface area contributed by atoms with Crippen molar-refractivity contribution in [3.05, 3.63) is 124 Å². The molecule has 0 spiro atoms. The Bertz CT molecular complexity index is 1850. The quantitative estimate of drug-likeness (QED) is 0.179. The molecule has 5 aromatic rings. The van der Waals surface area contributed by atoms with Gasteiger partial charge in [-0.1, -0.05) is 41.9 Å². The number of hydrogen-bond acceptors (Lipinski definition) is 9. The normalized spacial score (nSPS) is 10.6. The van der Waals surface area contributed by atoms with Crippen LogP contribution in [0.15, 0.2) is 96.8 Å². The Kier molecular flexibility index (Phi) is 9.21. The predicted molar refractivity (Wildman–Crippen MR) is 164 cm³/mol. The van der Waals surface area contributed by atoms with Gasteiger partial charge in [-0.05, 0) is 35.4 Å². The van der Waals surface area contributed by atoms with Gasteiger partial charge in [-0.15, -0.1) is 6.58 Å². The van der Waals surface area contributed by atoms with Gasteiger partial charge in [0.1, 0.15) is 22.4 Å². The van der Waals surface area contributed by atoms with Crippen molar-refractivity contribution in [3.8, 4) is 28.4 Å². The Morgan fingerprint density at radius 3 is 2.45 bits per heavy atom. The minimum absolute atomic E-state index is 0.0892. The van der Waals surface area contributed by atoms with Crippen molar-refractivity contribution in [2.24, 2.45) is 0 Å². The molecule has 44 heavy (non-hydrogen) atoms. The number of rotatable bonds is 11. The average molecular weight is 614 g/mol. The molecule has 0 unspecified atom stereocenters. The summed E-state index contributed by atoms with van der Waals surface area (Å²) >= 11 is 6.52. The third-order valence-electron chi connectivity index (χ3n) is 6.21. The number of halogens is 2. The summed E-state index contributed by atoms with van der Waals surface area (Å²) in [6.45, 7) is 4.37. The maximum atomic E-state index is 13.4. The van der Waals surface area contributed by atoms with E-state index < -0.39 is 22.8 Å². The molecular weight excluding hydrogens is 589 g/mol. The maximum absolute atomic E-state index is 13.4. The van der Waals surface area contributed by atoms with Gasteiger partial charge in [0.15, 0.2) is 17.2 Å². The first kappa shape index (κ1) is 29.9. The molecule has 0 saturated heterocycles. The lowest BCUT2D eigenvalue weighted by atomic mass is 10.1. The van der Waals surface area contributed by atoms with Gasteiger partial charge in [0.2, 0.25) is 11.4 Å². The number of benzene rings is 2. The fourth-order valence-electron chi connectivity index (χ4n) is 4.03. The second-order valence-corrected chi connectivity index (χ2v) is 9.59. The summed E-state index contributed by atoms with van der Waals surface area (Å²) in [5.74, 6) is 0.356. The first-order valence-electron chi connectivity index (χ1n) is 13.2.